The van der Waals surface area contributed by atoms with E-state index in [1.54, 1.807) is 24.5 Å². The SMILES string of the molecule is Oc1ccccc1CN(CCN(Cc1ccccn1)Cc1ccccc1O)Cc1ccccn1. The van der Waals surface area contributed by atoms with Gasteiger partial charge in [-0.05, 0) is 36.4 Å². The van der Waals surface area contributed by atoms with Gasteiger partial charge in [-0.15, -0.1) is 0 Å². The van der Waals surface area contributed by atoms with Crippen LogP contribution in [0.25, 0.3) is 0 Å². The standard InChI is InChI=1S/C28H30N4O2/c33-27-13-3-1-9-23(27)19-31(21-25-11-5-7-15-29-25)17-18-32(22-26-12-6-8-16-30-26)20-24-10-2-4-14-28(24)34/h1-16,33-34H,17-22H2. The van der Waals surface area contributed by atoms with Crippen molar-refractivity contribution >= 4 is 0 Å². The van der Waals surface area contributed by atoms with Crippen LogP contribution in [0.2, 0.25) is 0 Å². The van der Waals surface area contributed by atoms with Gasteiger partial charge in [-0.25, -0.2) is 0 Å². The Hall–Kier alpha value is -3.74. The Bertz CT molecular complexity index is 1060. The first-order chi connectivity index (χ1) is 16.7. The van der Waals surface area contributed by atoms with Gasteiger partial charge in [0.1, 0.15) is 11.5 Å². The number of aromatic nitrogens is 2. The maximum Gasteiger partial charge on any atom is 0.120 e. The van der Waals surface area contributed by atoms with E-state index in [0.29, 0.717) is 37.7 Å². The van der Waals surface area contributed by atoms with Crippen molar-refractivity contribution < 1.29 is 10.2 Å². The lowest BCUT2D eigenvalue weighted by atomic mass is 10.1. The fraction of sp³-hybridized carbons (Fsp3) is 0.214. The third-order valence-corrected chi connectivity index (χ3v) is 5.73. The highest BCUT2D eigenvalue weighted by Gasteiger charge is 2.15. The summed E-state index contributed by atoms with van der Waals surface area (Å²) < 4.78 is 0. The zero-order valence-electron chi connectivity index (χ0n) is 19.2. The van der Waals surface area contributed by atoms with Crippen LogP contribution in [-0.4, -0.2) is 43.1 Å². The second-order valence-corrected chi connectivity index (χ2v) is 8.32. The average Bonchev–Trinajstić information content (AvgIpc) is 2.86. The molecule has 4 aromatic rings. The molecule has 2 N–H and O–H groups in total. The van der Waals surface area contributed by atoms with Crippen LogP contribution in [0.1, 0.15) is 22.5 Å². The number of phenolic OH excluding ortho intramolecular Hbond substituents is 2. The minimum atomic E-state index is 0.299. The largest absolute Gasteiger partial charge is 0.508 e. The zero-order chi connectivity index (χ0) is 23.6. The Morgan fingerprint density at radius 2 is 0.912 bits per heavy atom. The second kappa shape index (κ2) is 11.9. The summed E-state index contributed by atoms with van der Waals surface area (Å²) in [5.74, 6) is 0.598. The number of rotatable bonds is 11. The van der Waals surface area contributed by atoms with Crippen molar-refractivity contribution in [1.29, 1.82) is 0 Å². The van der Waals surface area contributed by atoms with Crippen LogP contribution in [0, 0.1) is 0 Å². The molecule has 4 rings (SSSR count). The Labute approximate surface area is 200 Å². The summed E-state index contributed by atoms with van der Waals surface area (Å²) in [5.41, 5.74) is 3.73. The first-order valence-electron chi connectivity index (χ1n) is 11.5. The quantitative estimate of drug-likeness (QED) is 0.345. The summed E-state index contributed by atoms with van der Waals surface area (Å²) in [4.78, 5) is 13.6. The Morgan fingerprint density at radius 1 is 0.500 bits per heavy atom. The lowest BCUT2D eigenvalue weighted by molar-refractivity contribution is 0.178. The van der Waals surface area contributed by atoms with Crippen LogP contribution < -0.4 is 0 Å². The molecule has 0 aliphatic rings. The molecular weight excluding hydrogens is 424 g/mol. The van der Waals surface area contributed by atoms with Crippen LogP contribution in [0.3, 0.4) is 0 Å². The molecule has 34 heavy (non-hydrogen) atoms. The molecule has 0 fully saturated rings. The number of hydrogen-bond acceptors (Lipinski definition) is 6. The summed E-state index contributed by atoms with van der Waals surface area (Å²) in [7, 11) is 0. The van der Waals surface area contributed by atoms with E-state index in [9.17, 15) is 10.2 Å². The van der Waals surface area contributed by atoms with Crippen LogP contribution in [0.5, 0.6) is 11.5 Å². The Balaban J connectivity index is 1.51. The van der Waals surface area contributed by atoms with Crippen molar-refractivity contribution in [3.63, 3.8) is 0 Å². The fourth-order valence-electron chi connectivity index (χ4n) is 3.92. The monoisotopic (exact) mass is 454 g/mol. The first kappa shape index (κ1) is 23.4. The molecule has 0 aliphatic heterocycles. The predicted molar refractivity (Wildman–Crippen MR) is 133 cm³/mol. The second-order valence-electron chi connectivity index (χ2n) is 8.32. The normalized spacial score (nSPS) is 11.2. The number of aromatic hydroxyl groups is 2. The highest BCUT2D eigenvalue weighted by Crippen LogP contribution is 2.21. The molecule has 0 unspecified atom stereocenters. The molecule has 0 saturated heterocycles. The van der Waals surface area contributed by atoms with Crippen molar-refractivity contribution in [2.45, 2.75) is 26.2 Å². The van der Waals surface area contributed by atoms with E-state index in [1.807, 2.05) is 72.8 Å². The molecule has 0 amide bonds. The number of nitrogens with zero attached hydrogens (tertiary/aromatic N) is 4. The summed E-state index contributed by atoms with van der Waals surface area (Å²) in [5, 5.41) is 20.7. The van der Waals surface area contributed by atoms with Crippen molar-refractivity contribution in [2.75, 3.05) is 13.1 Å². The highest BCUT2D eigenvalue weighted by atomic mass is 16.3. The molecular formula is C28H30N4O2. The van der Waals surface area contributed by atoms with Crippen molar-refractivity contribution in [3.8, 4) is 11.5 Å². The molecule has 6 heteroatoms. The van der Waals surface area contributed by atoms with E-state index in [1.165, 1.54) is 0 Å². The van der Waals surface area contributed by atoms with Crippen LogP contribution in [0.15, 0.2) is 97.3 Å². The summed E-state index contributed by atoms with van der Waals surface area (Å²) in [6, 6.07) is 26.8. The van der Waals surface area contributed by atoms with Crippen LogP contribution >= 0.6 is 0 Å². The smallest absolute Gasteiger partial charge is 0.120 e. The predicted octanol–water partition coefficient (Wildman–Crippen LogP) is 4.59. The van der Waals surface area contributed by atoms with Crippen molar-refractivity contribution in [3.05, 3.63) is 120 Å². The summed E-state index contributed by atoms with van der Waals surface area (Å²) >= 11 is 0. The molecule has 6 nitrogen and oxygen atoms in total. The third kappa shape index (κ3) is 6.88. The number of phenols is 2. The molecule has 0 radical (unpaired) electrons. The van der Waals surface area contributed by atoms with Crippen LogP contribution in [0.4, 0.5) is 0 Å². The maximum absolute atomic E-state index is 10.3. The molecule has 2 aromatic heterocycles. The molecule has 0 saturated carbocycles. The Morgan fingerprint density at radius 3 is 1.29 bits per heavy atom. The van der Waals surface area contributed by atoms with Gasteiger partial charge in [0.05, 0.1) is 11.4 Å². The van der Waals surface area contributed by atoms with Gasteiger partial charge < -0.3 is 10.2 Å². The van der Waals surface area contributed by atoms with E-state index in [-0.39, 0.29) is 0 Å². The minimum absolute atomic E-state index is 0.299. The number of hydrogen-bond donors (Lipinski definition) is 2. The molecule has 0 spiro atoms. The van der Waals surface area contributed by atoms with Gasteiger partial charge in [0.25, 0.3) is 0 Å². The fourth-order valence-corrected chi connectivity index (χ4v) is 3.92. The minimum Gasteiger partial charge on any atom is -0.508 e. The Kier molecular flexibility index (Phi) is 8.22. The zero-order valence-corrected chi connectivity index (χ0v) is 19.2. The van der Waals surface area contributed by atoms with Gasteiger partial charge >= 0.3 is 0 Å². The van der Waals surface area contributed by atoms with Crippen molar-refractivity contribution in [1.82, 2.24) is 19.8 Å². The topological polar surface area (TPSA) is 72.7 Å². The van der Waals surface area contributed by atoms with Crippen LogP contribution in [-0.2, 0) is 26.2 Å². The van der Waals surface area contributed by atoms with Crippen molar-refractivity contribution in [2.24, 2.45) is 0 Å². The third-order valence-electron chi connectivity index (χ3n) is 5.73. The van der Waals surface area contributed by atoms with E-state index < -0.39 is 0 Å². The molecule has 0 aliphatic carbocycles. The van der Waals surface area contributed by atoms with Gasteiger partial charge in [-0.2, -0.15) is 0 Å². The maximum atomic E-state index is 10.3. The average molecular weight is 455 g/mol. The molecule has 2 aromatic carbocycles. The number of benzene rings is 2. The van der Waals surface area contributed by atoms with E-state index >= 15 is 0 Å². The van der Waals surface area contributed by atoms with E-state index in [2.05, 4.69) is 19.8 Å². The van der Waals surface area contributed by atoms with Gasteiger partial charge in [-0.1, -0.05) is 48.5 Å². The molecule has 2 heterocycles. The van der Waals surface area contributed by atoms with Gasteiger partial charge in [0.2, 0.25) is 0 Å². The molecule has 0 bridgehead atoms. The van der Waals surface area contributed by atoms with Gasteiger partial charge in [0, 0.05) is 62.8 Å². The summed E-state index contributed by atoms with van der Waals surface area (Å²) in [6.45, 7) is 4.07. The first-order valence-corrected chi connectivity index (χ1v) is 11.5. The van der Waals surface area contributed by atoms with Gasteiger partial charge in [-0.3, -0.25) is 19.8 Å². The highest BCUT2D eigenvalue weighted by molar-refractivity contribution is 5.32. The molecule has 174 valence electrons. The lowest BCUT2D eigenvalue weighted by Gasteiger charge is -2.28. The lowest BCUT2D eigenvalue weighted by Crippen LogP contribution is -2.34. The van der Waals surface area contributed by atoms with E-state index in [4.69, 9.17) is 0 Å². The molecule has 0 atom stereocenters. The summed E-state index contributed by atoms with van der Waals surface area (Å²) in [6.07, 6.45) is 3.61. The number of pyridine rings is 2. The van der Waals surface area contributed by atoms with E-state index in [0.717, 1.165) is 35.6 Å². The van der Waals surface area contributed by atoms with Gasteiger partial charge in [0.15, 0.2) is 0 Å². The number of para-hydroxylation sites is 2.